The van der Waals surface area contributed by atoms with Gasteiger partial charge in [-0.1, -0.05) is 0 Å². The van der Waals surface area contributed by atoms with Crippen LogP contribution in [0.4, 0.5) is 0 Å². The molecule has 1 rings (SSSR count). The summed E-state index contributed by atoms with van der Waals surface area (Å²) >= 11 is 0. The second-order valence-electron chi connectivity index (χ2n) is 3.19. The van der Waals surface area contributed by atoms with E-state index in [2.05, 4.69) is 17.3 Å². The lowest BCUT2D eigenvalue weighted by molar-refractivity contribution is 0.306. The Morgan fingerprint density at radius 2 is 2.36 bits per heavy atom. The van der Waals surface area contributed by atoms with Crippen molar-refractivity contribution in [3.05, 3.63) is 12.4 Å². The van der Waals surface area contributed by atoms with Crippen LogP contribution in [0.2, 0.25) is 0 Å². The fourth-order valence-electron chi connectivity index (χ4n) is 1.19. The summed E-state index contributed by atoms with van der Waals surface area (Å²) in [6.45, 7) is 4.78. The van der Waals surface area contributed by atoms with Crippen LogP contribution in [-0.4, -0.2) is 30.0 Å². The topological polar surface area (TPSA) is 39.1 Å². The molecule has 80 valence electrons. The van der Waals surface area contributed by atoms with Gasteiger partial charge < -0.3 is 10.1 Å². The van der Waals surface area contributed by atoms with Gasteiger partial charge in [0.15, 0.2) is 5.75 Å². The van der Waals surface area contributed by atoms with Gasteiger partial charge >= 0.3 is 0 Å². The standard InChI is InChI=1S/C10H19N3O/c1-3-13-9-10(8-12-13)14-7-5-4-6-11-2/h8-9,11H,3-7H2,1-2H3. The lowest BCUT2D eigenvalue weighted by atomic mass is 10.3. The molecule has 1 heterocycles. The van der Waals surface area contributed by atoms with Crippen molar-refractivity contribution in [2.75, 3.05) is 20.2 Å². The highest BCUT2D eigenvalue weighted by Crippen LogP contribution is 2.08. The number of rotatable bonds is 7. The average Bonchev–Trinajstić information content (AvgIpc) is 2.65. The van der Waals surface area contributed by atoms with E-state index in [1.54, 1.807) is 6.20 Å². The fourth-order valence-corrected chi connectivity index (χ4v) is 1.19. The van der Waals surface area contributed by atoms with E-state index in [9.17, 15) is 0 Å². The third kappa shape index (κ3) is 3.79. The van der Waals surface area contributed by atoms with Gasteiger partial charge in [-0.2, -0.15) is 5.10 Å². The molecule has 0 amide bonds. The Bertz CT molecular complexity index is 247. The summed E-state index contributed by atoms with van der Waals surface area (Å²) in [4.78, 5) is 0. The molecule has 14 heavy (non-hydrogen) atoms. The molecule has 0 aromatic carbocycles. The maximum Gasteiger partial charge on any atom is 0.157 e. The monoisotopic (exact) mass is 197 g/mol. The normalized spacial score (nSPS) is 10.4. The predicted molar refractivity (Wildman–Crippen MR) is 56.6 cm³/mol. The Kier molecular flexibility index (Phi) is 5.07. The molecule has 0 spiro atoms. The van der Waals surface area contributed by atoms with Gasteiger partial charge in [0.1, 0.15) is 0 Å². The van der Waals surface area contributed by atoms with Crippen LogP contribution in [0.15, 0.2) is 12.4 Å². The minimum Gasteiger partial charge on any atom is -0.490 e. The van der Waals surface area contributed by atoms with Gasteiger partial charge in [-0.05, 0) is 33.4 Å². The van der Waals surface area contributed by atoms with Crippen LogP contribution in [0.25, 0.3) is 0 Å². The molecule has 0 atom stereocenters. The van der Waals surface area contributed by atoms with Gasteiger partial charge in [0, 0.05) is 6.54 Å². The summed E-state index contributed by atoms with van der Waals surface area (Å²) in [6.07, 6.45) is 5.93. The largest absolute Gasteiger partial charge is 0.490 e. The van der Waals surface area contributed by atoms with Crippen molar-refractivity contribution >= 4 is 0 Å². The number of ether oxygens (including phenoxy) is 1. The minimum atomic E-state index is 0.775. The van der Waals surface area contributed by atoms with Crippen molar-refractivity contribution in [1.82, 2.24) is 15.1 Å². The molecule has 0 fully saturated rings. The van der Waals surface area contributed by atoms with E-state index < -0.39 is 0 Å². The Labute approximate surface area is 85.3 Å². The second kappa shape index (κ2) is 6.43. The van der Waals surface area contributed by atoms with Crippen LogP contribution in [0.3, 0.4) is 0 Å². The third-order valence-electron chi connectivity index (χ3n) is 2.02. The summed E-state index contributed by atoms with van der Waals surface area (Å²) in [5.74, 6) is 0.872. The van der Waals surface area contributed by atoms with Gasteiger partial charge in [-0.3, -0.25) is 4.68 Å². The van der Waals surface area contributed by atoms with Crippen molar-refractivity contribution < 1.29 is 4.74 Å². The molecule has 0 unspecified atom stereocenters. The van der Waals surface area contributed by atoms with Crippen molar-refractivity contribution in [2.45, 2.75) is 26.3 Å². The van der Waals surface area contributed by atoms with E-state index in [1.165, 1.54) is 0 Å². The van der Waals surface area contributed by atoms with Gasteiger partial charge in [0.25, 0.3) is 0 Å². The molecule has 0 bridgehead atoms. The second-order valence-corrected chi connectivity index (χ2v) is 3.19. The summed E-state index contributed by atoms with van der Waals surface area (Å²) in [5, 5.41) is 7.24. The zero-order valence-corrected chi connectivity index (χ0v) is 8.99. The van der Waals surface area contributed by atoms with E-state index in [1.807, 2.05) is 17.9 Å². The lowest BCUT2D eigenvalue weighted by Gasteiger charge is -2.02. The zero-order chi connectivity index (χ0) is 10.2. The Morgan fingerprint density at radius 1 is 1.50 bits per heavy atom. The molecule has 1 aromatic heterocycles. The highest BCUT2D eigenvalue weighted by Gasteiger charge is 1.96. The van der Waals surface area contributed by atoms with Crippen molar-refractivity contribution in [2.24, 2.45) is 0 Å². The van der Waals surface area contributed by atoms with Crippen LogP contribution in [0.5, 0.6) is 5.75 Å². The third-order valence-corrected chi connectivity index (χ3v) is 2.02. The molecule has 1 N–H and O–H groups in total. The van der Waals surface area contributed by atoms with Crippen LogP contribution in [-0.2, 0) is 6.54 Å². The molecule has 4 heteroatoms. The molecule has 0 aliphatic rings. The summed E-state index contributed by atoms with van der Waals surface area (Å²) < 4.78 is 7.39. The number of hydrogen-bond acceptors (Lipinski definition) is 3. The van der Waals surface area contributed by atoms with Crippen molar-refractivity contribution in [3.8, 4) is 5.75 Å². The predicted octanol–water partition coefficient (Wildman–Crippen LogP) is 1.28. The summed E-state index contributed by atoms with van der Waals surface area (Å²) in [7, 11) is 1.96. The fraction of sp³-hybridized carbons (Fsp3) is 0.700. The maximum absolute atomic E-state index is 5.52. The number of nitrogens with zero attached hydrogens (tertiary/aromatic N) is 2. The minimum absolute atomic E-state index is 0.775. The van der Waals surface area contributed by atoms with Crippen LogP contribution in [0.1, 0.15) is 19.8 Å². The molecular weight excluding hydrogens is 178 g/mol. The molecule has 0 saturated carbocycles. The summed E-state index contributed by atoms with van der Waals surface area (Å²) in [6, 6.07) is 0. The Balaban J connectivity index is 2.12. The number of aryl methyl sites for hydroxylation is 1. The first-order chi connectivity index (χ1) is 6.86. The van der Waals surface area contributed by atoms with Crippen LogP contribution < -0.4 is 10.1 Å². The Hall–Kier alpha value is -1.03. The first-order valence-corrected chi connectivity index (χ1v) is 5.16. The number of hydrogen-bond donors (Lipinski definition) is 1. The highest BCUT2D eigenvalue weighted by atomic mass is 16.5. The van der Waals surface area contributed by atoms with Crippen molar-refractivity contribution in [1.29, 1.82) is 0 Å². The van der Waals surface area contributed by atoms with E-state index in [-0.39, 0.29) is 0 Å². The first-order valence-electron chi connectivity index (χ1n) is 5.16. The van der Waals surface area contributed by atoms with Gasteiger partial charge in [-0.15, -0.1) is 0 Å². The molecule has 0 saturated heterocycles. The number of aromatic nitrogens is 2. The Morgan fingerprint density at radius 3 is 3.00 bits per heavy atom. The van der Waals surface area contributed by atoms with Crippen LogP contribution in [0, 0.1) is 0 Å². The molecule has 1 aromatic rings. The van der Waals surface area contributed by atoms with Crippen molar-refractivity contribution in [3.63, 3.8) is 0 Å². The maximum atomic E-state index is 5.52. The smallest absolute Gasteiger partial charge is 0.157 e. The van der Waals surface area contributed by atoms with Gasteiger partial charge in [-0.25, -0.2) is 0 Å². The molecule has 0 aliphatic carbocycles. The molecule has 0 aliphatic heterocycles. The SMILES string of the molecule is CCn1cc(OCCCCNC)cn1. The molecule has 4 nitrogen and oxygen atoms in total. The zero-order valence-electron chi connectivity index (χ0n) is 8.99. The number of unbranched alkanes of at least 4 members (excludes halogenated alkanes) is 1. The summed E-state index contributed by atoms with van der Waals surface area (Å²) in [5.41, 5.74) is 0. The molecule has 0 radical (unpaired) electrons. The van der Waals surface area contributed by atoms with E-state index in [0.717, 1.165) is 38.3 Å². The molecular formula is C10H19N3O. The van der Waals surface area contributed by atoms with E-state index in [4.69, 9.17) is 4.74 Å². The highest BCUT2D eigenvalue weighted by molar-refractivity contribution is 5.11. The first kappa shape index (κ1) is 11.0. The lowest BCUT2D eigenvalue weighted by Crippen LogP contribution is -2.09. The number of nitrogens with one attached hydrogen (secondary N) is 1. The van der Waals surface area contributed by atoms with Crippen LogP contribution >= 0.6 is 0 Å². The van der Waals surface area contributed by atoms with Gasteiger partial charge in [0.05, 0.1) is 19.0 Å². The quantitative estimate of drug-likeness (QED) is 0.669. The van der Waals surface area contributed by atoms with E-state index >= 15 is 0 Å². The van der Waals surface area contributed by atoms with E-state index in [0.29, 0.717) is 0 Å². The van der Waals surface area contributed by atoms with Gasteiger partial charge in [0.2, 0.25) is 0 Å². The average molecular weight is 197 g/mol.